The van der Waals surface area contributed by atoms with Crippen LogP contribution < -0.4 is 0 Å². The number of hydrogen-bond donors (Lipinski definition) is 1. The van der Waals surface area contributed by atoms with Gasteiger partial charge in [-0.15, -0.1) is 0 Å². The van der Waals surface area contributed by atoms with Gasteiger partial charge in [-0.05, 0) is 19.3 Å². The van der Waals surface area contributed by atoms with E-state index in [4.69, 9.17) is 9.52 Å². The molecule has 0 amide bonds. The maximum Gasteiger partial charge on any atom is 0.194 e. The largest absolute Gasteiger partial charge is 0.449 e. The van der Waals surface area contributed by atoms with Crippen LogP contribution in [0.15, 0.2) is 10.7 Å². The van der Waals surface area contributed by atoms with Crippen molar-refractivity contribution in [2.45, 2.75) is 57.3 Å². The minimum Gasteiger partial charge on any atom is -0.449 e. The number of nitrogens with zero attached hydrogens (tertiary/aromatic N) is 1. The van der Waals surface area contributed by atoms with Gasteiger partial charge in [-0.25, -0.2) is 4.98 Å². The normalized spacial score (nSPS) is 18.6. The van der Waals surface area contributed by atoms with Gasteiger partial charge in [0.2, 0.25) is 0 Å². The molecule has 0 spiro atoms. The van der Waals surface area contributed by atoms with E-state index in [1.54, 1.807) is 0 Å². The molecule has 1 fully saturated rings. The van der Waals surface area contributed by atoms with E-state index in [2.05, 4.69) is 4.98 Å². The summed E-state index contributed by atoms with van der Waals surface area (Å²) in [5.41, 5.74) is 1.13. The Balaban J connectivity index is 1.94. The van der Waals surface area contributed by atoms with Crippen LogP contribution in [-0.4, -0.2) is 16.7 Å². The van der Waals surface area contributed by atoms with E-state index in [1.807, 2.05) is 6.26 Å². The fraction of sp³-hybridized carbons (Fsp3) is 0.769. The van der Waals surface area contributed by atoms with Crippen LogP contribution in [0.3, 0.4) is 0 Å². The summed E-state index contributed by atoms with van der Waals surface area (Å²) in [6.45, 7) is 0.209. The Morgan fingerprint density at radius 1 is 1.25 bits per heavy atom. The molecule has 1 aliphatic rings. The minimum atomic E-state index is 0.209. The quantitative estimate of drug-likeness (QED) is 0.798. The second kappa shape index (κ2) is 6.04. The van der Waals surface area contributed by atoms with Crippen molar-refractivity contribution < 1.29 is 9.52 Å². The lowest BCUT2D eigenvalue weighted by molar-refractivity contribution is 0.283. The summed E-state index contributed by atoms with van der Waals surface area (Å²) in [7, 11) is 0. The van der Waals surface area contributed by atoms with E-state index >= 15 is 0 Å². The number of aliphatic hydroxyl groups excluding tert-OH is 1. The molecule has 1 N–H and O–H groups in total. The predicted octanol–water partition coefficient (Wildman–Crippen LogP) is 3.04. The first kappa shape index (κ1) is 11.6. The van der Waals surface area contributed by atoms with Crippen LogP contribution in [0.2, 0.25) is 0 Å². The van der Waals surface area contributed by atoms with E-state index in [1.165, 1.54) is 38.5 Å². The van der Waals surface area contributed by atoms with Gasteiger partial charge in [-0.3, -0.25) is 0 Å². The van der Waals surface area contributed by atoms with Crippen LogP contribution in [0.25, 0.3) is 0 Å². The van der Waals surface area contributed by atoms with Crippen molar-refractivity contribution in [2.75, 3.05) is 6.61 Å². The van der Waals surface area contributed by atoms with Crippen LogP contribution in [-0.2, 0) is 6.42 Å². The van der Waals surface area contributed by atoms with E-state index in [0.29, 0.717) is 5.92 Å². The van der Waals surface area contributed by atoms with Crippen molar-refractivity contribution in [1.29, 1.82) is 0 Å². The average molecular weight is 223 g/mol. The number of aliphatic hydroxyl groups is 1. The second-order valence-electron chi connectivity index (χ2n) is 4.68. The lowest BCUT2D eigenvalue weighted by atomic mass is 9.97. The Hall–Kier alpha value is -0.830. The topological polar surface area (TPSA) is 46.3 Å². The van der Waals surface area contributed by atoms with Gasteiger partial charge in [-0.1, -0.05) is 25.7 Å². The third-order valence-corrected chi connectivity index (χ3v) is 3.39. The number of aryl methyl sites for hydroxylation is 1. The number of rotatable bonds is 4. The molecule has 0 unspecified atom stereocenters. The Labute approximate surface area is 96.9 Å². The minimum absolute atomic E-state index is 0.209. The molecule has 1 heterocycles. The van der Waals surface area contributed by atoms with Gasteiger partial charge in [0, 0.05) is 18.9 Å². The van der Waals surface area contributed by atoms with Gasteiger partial charge in [0.15, 0.2) is 5.89 Å². The van der Waals surface area contributed by atoms with Gasteiger partial charge >= 0.3 is 0 Å². The van der Waals surface area contributed by atoms with Crippen LogP contribution in [0.1, 0.15) is 62.4 Å². The van der Waals surface area contributed by atoms with Gasteiger partial charge in [-0.2, -0.15) is 0 Å². The lowest BCUT2D eigenvalue weighted by Gasteiger charge is -2.08. The molecule has 16 heavy (non-hydrogen) atoms. The third kappa shape index (κ3) is 3.08. The third-order valence-electron chi connectivity index (χ3n) is 3.39. The molecular weight excluding hydrogens is 202 g/mol. The first-order valence-electron chi connectivity index (χ1n) is 6.45. The lowest BCUT2D eigenvalue weighted by Crippen LogP contribution is -1.98. The molecule has 1 aromatic heterocycles. The number of oxazole rings is 1. The maximum absolute atomic E-state index is 8.75. The first-order valence-corrected chi connectivity index (χ1v) is 6.45. The molecule has 0 saturated heterocycles. The van der Waals surface area contributed by atoms with E-state index < -0.39 is 0 Å². The van der Waals surface area contributed by atoms with E-state index in [9.17, 15) is 0 Å². The zero-order valence-corrected chi connectivity index (χ0v) is 9.82. The summed E-state index contributed by atoms with van der Waals surface area (Å²) in [6, 6.07) is 0. The zero-order valence-electron chi connectivity index (χ0n) is 9.82. The Morgan fingerprint density at radius 2 is 2.00 bits per heavy atom. The number of hydrogen-bond acceptors (Lipinski definition) is 3. The van der Waals surface area contributed by atoms with Crippen molar-refractivity contribution in [3.63, 3.8) is 0 Å². The molecule has 1 saturated carbocycles. The standard InChI is InChI=1S/C13H21NO2/c15-9-5-8-13-14-12(10-16-13)11-6-3-1-2-4-7-11/h10-11,15H,1-9H2. The smallest absolute Gasteiger partial charge is 0.194 e. The molecule has 0 atom stereocenters. The Bertz CT molecular complexity index is 301. The van der Waals surface area contributed by atoms with E-state index in [-0.39, 0.29) is 6.61 Å². The summed E-state index contributed by atoms with van der Waals surface area (Å²) in [5, 5.41) is 8.75. The van der Waals surface area contributed by atoms with Crippen molar-refractivity contribution in [3.8, 4) is 0 Å². The molecule has 0 aliphatic heterocycles. The SMILES string of the molecule is OCCCc1nc(C2CCCCCC2)co1. The summed E-state index contributed by atoms with van der Waals surface area (Å²) in [6.07, 6.45) is 11.2. The van der Waals surface area contributed by atoms with Crippen molar-refractivity contribution in [1.82, 2.24) is 4.98 Å². The maximum atomic E-state index is 8.75. The molecule has 2 rings (SSSR count). The van der Waals surface area contributed by atoms with Crippen molar-refractivity contribution in [3.05, 3.63) is 17.8 Å². The highest BCUT2D eigenvalue weighted by Crippen LogP contribution is 2.31. The number of aromatic nitrogens is 1. The summed E-state index contributed by atoms with van der Waals surface area (Å²) < 4.78 is 5.44. The van der Waals surface area contributed by atoms with Crippen LogP contribution in [0.4, 0.5) is 0 Å². The highest BCUT2D eigenvalue weighted by molar-refractivity contribution is 5.05. The molecule has 3 heteroatoms. The monoisotopic (exact) mass is 223 g/mol. The Kier molecular flexibility index (Phi) is 4.40. The molecule has 3 nitrogen and oxygen atoms in total. The second-order valence-corrected chi connectivity index (χ2v) is 4.68. The van der Waals surface area contributed by atoms with Gasteiger partial charge in [0.05, 0.1) is 5.69 Å². The molecule has 0 bridgehead atoms. The molecular formula is C13H21NO2. The average Bonchev–Trinajstić information content (AvgIpc) is 2.60. The molecule has 0 aromatic carbocycles. The fourth-order valence-corrected chi connectivity index (χ4v) is 2.43. The zero-order chi connectivity index (χ0) is 11.2. The highest BCUT2D eigenvalue weighted by atomic mass is 16.3. The van der Waals surface area contributed by atoms with Gasteiger partial charge in [0.25, 0.3) is 0 Å². The summed E-state index contributed by atoms with van der Waals surface area (Å²) in [5.74, 6) is 1.39. The summed E-state index contributed by atoms with van der Waals surface area (Å²) >= 11 is 0. The van der Waals surface area contributed by atoms with Crippen molar-refractivity contribution in [2.24, 2.45) is 0 Å². The van der Waals surface area contributed by atoms with Crippen LogP contribution in [0, 0.1) is 0 Å². The first-order chi connectivity index (χ1) is 7.90. The van der Waals surface area contributed by atoms with Crippen molar-refractivity contribution >= 4 is 0 Å². The van der Waals surface area contributed by atoms with E-state index in [0.717, 1.165) is 24.4 Å². The molecule has 0 radical (unpaired) electrons. The Morgan fingerprint density at radius 3 is 2.69 bits per heavy atom. The summed E-state index contributed by atoms with van der Waals surface area (Å²) in [4.78, 5) is 4.54. The van der Waals surface area contributed by atoms with Gasteiger partial charge < -0.3 is 9.52 Å². The molecule has 90 valence electrons. The molecule has 1 aliphatic carbocycles. The van der Waals surface area contributed by atoms with Gasteiger partial charge in [0.1, 0.15) is 6.26 Å². The fourth-order valence-electron chi connectivity index (χ4n) is 2.43. The highest BCUT2D eigenvalue weighted by Gasteiger charge is 2.17. The van der Waals surface area contributed by atoms with Crippen LogP contribution >= 0.6 is 0 Å². The molecule has 1 aromatic rings. The predicted molar refractivity (Wildman–Crippen MR) is 62.4 cm³/mol. The van der Waals surface area contributed by atoms with Crippen LogP contribution in [0.5, 0.6) is 0 Å².